The second-order valence-corrected chi connectivity index (χ2v) is 7.36. The first-order valence-electron chi connectivity index (χ1n) is 8.81. The third-order valence-electron chi connectivity index (χ3n) is 4.65. The molecule has 0 atom stereocenters. The quantitative estimate of drug-likeness (QED) is 0.376. The van der Waals surface area contributed by atoms with Gasteiger partial charge in [0.05, 0.1) is 11.0 Å². The third-order valence-corrected chi connectivity index (χ3v) is 5.48. The number of nitrogens with zero attached hydrogens (tertiary/aromatic N) is 2. The van der Waals surface area contributed by atoms with Gasteiger partial charge in [0.1, 0.15) is 5.52 Å². The number of benzene rings is 3. The van der Waals surface area contributed by atoms with Gasteiger partial charge in [-0.3, -0.25) is 9.36 Å². The number of oxazole rings is 1. The molecule has 0 aliphatic heterocycles. The molecular formula is C22H16N2O2S. The third kappa shape index (κ3) is 2.80. The summed E-state index contributed by atoms with van der Waals surface area (Å²) in [6.07, 6.45) is 0.409. The molecule has 0 N–H and O–H groups in total. The number of carbonyl (C=O) groups is 1. The van der Waals surface area contributed by atoms with Crippen molar-refractivity contribution in [1.29, 1.82) is 0 Å². The van der Waals surface area contributed by atoms with Gasteiger partial charge in [0.25, 0.3) is 5.22 Å². The van der Waals surface area contributed by atoms with Gasteiger partial charge in [0, 0.05) is 22.9 Å². The highest BCUT2D eigenvalue weighted by Crippen LogP contribution is 2.29. The molecule has 0 fully saturated rings. The standard InChI is InChI=1S/C22H16N2O2S/c25-21(13-14-27-22-23-17-9-3-6-12-20(17)26-22)24-18-10-4-1-7-15(18)16-8-2-5-11-19(16)24/h1-12H,13-14H2. The largest absolute Gasteiger partial charge is 0.431 e. The molecule has 3 aromatic carbocycles. The van der Waals surface area contributed by atoms with E-state index in [1.807, 2.05) is 65.2 Å². The number of hydrogen-bond donors (Lipinski definition) is 0. The van der Waals surface area contributed by atoms with Crippen LogP contribution in [0.25, 0.3) is 32.9 Å². The smallest absolute Gasteiger partial charge is 0.256 e. The molecule has 0 aliphatic rings. The number of thioether (sulfide) groups is 1. The van der Waals surface area contributed by atoms with E-state index >= 15 is 0 Å². The van der Waals surface area contributed by atoms with Crippen molar-refractivity contribution in [3.05, 3.63) is 72.8 Å². The average molecular weight is 372 g/mol. The van der Waals surface area contributed by atoms with Gasteiger partial charge in [-0.1, -0.05) is 60.3 Å². The van der Waals surface area contributed by atoms with Crippen LogP contribution in [0.1, 0.15) is 11.2 Å². The minimum Gasteiger partial charge on any atom is -0.431 e. The number of carbonyl (C=O) groups excluding carboxylic acids is 1. The summed E-state index contributed by atoms with van der Waals surface area (Å²) in [7, 11) is 0. The highest BCUT2D eigenvalue weighted by molar-refractivity contribution is 7.99. The van der Waals surface area contributed by atoms with Gasteiger partial charge in [-0.2, -0.15) is 0 Å². The van der Waals surface area contributed by atoms with E-state index < -0.39 is 0 Å². The molecule has 0 unspecified atom stereocenters. The molecule has 0 radical (unpaired) electrons. The molecule has 0 saturated carbocycles. The van der Waals surface area contributed by atoms with E-state index in [-0.39, 0.29) is 5.91 Å². The van der Waals surface area contributed by atoms with E-state index in [2.05, 4.69) is 17.1 Å². The predicted molar refractivity (Wildman–Crippen MR) is 109 cm³/mol. The van der Waals surface area contributed by atoms with Crippen molar-refractivity contribution >= 4 is 50.6 Å². The van der Waals surface area contributed by atoms with Crippen LogP contribution in [0.5, 0.6) is 0 Å². The minimum absolute atomic E-state index is 0.0796. The molecule has 0 saturated heterocycles. The van der Waals surface area contributed by atoms with Crippen molar-refractivity contribution in [2.24, 2.45) is 0 Å². The lowest BCUT2D eigenvalue weighted by Crippen LogP contribution is -2.10. The summed E-state index contributed by atoms with van der Waals surface area (Å²) in [5.41, 5.74) is 3.52. The fourth-order valence-electron chi connectivity index (χ4n) is 3.44. The Kier molecular flexibility index (Phi) is 3.94. The van der Waals surface area contributed by atoms with Gasteiger partial charge in [0.15, 0.2) is 5.58 Å². The number of aromatic nitrogens is 2. The Morgan fingerprint density at radius 1 is 0.889 bits per heavy atom. The van der Waals surface area contributed by atoms with Gasteiger partial charge in [-0.15, -0.1) is 0 Å². The van der Waals surface area contributed by atoms with Crippen molar-refractivity contribution < 1.29 is 9.21 Å². The fraction of sp³-hybridized carbons (Fsp3) is 0.0909. The topological polar surface area (TPSA) is 48.0 Å². The van der Waals surface area contributed by atoms with Crippen LogP contribution in [0.4, 0.5) is 0 Å². The van der Waals surface area contributed by atoms with E-state index in [9.17, 15) is 4.79 Å². The van der Waals surface area contributed by atoms with Crippen molar-refractivity contribution in [3.63, 3.8) is 0 Å². The van der Waals surface area contributed by atoms with Crippen LogP contribution >= 0.6 is 11.8 Å². The Balaban J connectivity index is 1.40. The van der Waals surface area contributed by atoms with Crippen LogP contribution in [-0.4, -0.2) is 21.2 Å². The minimum atomic E-state index is 0.0796. The van der Waals surface area contributed by atoms with Crippen LogP contribution in [0, 0.1) is 0 Å². The Labute approximate surface area is 159 Å². The molecule has 0 spiro atoms. The first-order chi connectivity index (χ1) is 13.3. The van der Waals surface area contributed by atoms with Gasteiger partial charge < -0.3 is 4.42 Å². The Hall–Kier alpha value is -3.05. The molecule has 132 valence electrons. The molecule has 27 heavy (non-hydrogen) atoms. The zero-order valence-corrected chi connectivity index (χ0v) is 15.3. The highest BCUT2D eigenvalue weighted by Gasteiger charge is 2.15. The number of para-hydroxylation sites is 4. The van der Waals surface area contributed by atoms with E-state index in [4.69, 9.17) is 4.42 Å². The molecule has 0 amide bonds. The Bertz CT molecular complexity index is 1200. The van der Waals surface area contributed by atoms with Crippen LogP contribution in [0.15, 0.2) is 82.4 Å². The van der Waals surface area contributed by atoms with Gasteiger partial charge in [0.2, 0.25) is 5.91 Å². The van der Waals surface area contributed by atoms with E-state index in [1.165, 1.54) is 11.8 Å². The highest BCUT2D eigenvalue weighted by atomic mass is 32.2. The second-order valence-electron chi connectivity index (χ2n) is 6.31. The van der Waals surface area contributed by atoms with Crippen LogP contribution in [-0.2, 0) is 0 Å². The lowest BCUT2D eigenvalue weighted by molar-refractivity contribution is 0.0920. The molecular weight excluding hydrogens is 356 g/mol. The van der Waals surface area contributed by atoms with Crippen LogP contribution in [0.3, 0.4) is 0 Å². The molecule has 0 aliphatic carbocycles. The lowest BCUT2D eigenvalue weighted by Gasteiger charge is -2.05. The zero-order chi connectivity index (χ0) is 18.2. The van der Waals surface area contributed by atoms with Crippen LogP contribution in [0.2, 0.25) is 0 Å². The summed E-state index contributed by atoms with van der Waals surface area (Å²) < 4.78 is 7.55. The lowest BCUT2D eigenvalue weighted by atomic mass is 10.2. The molecule has 2 heterocycles. The Morgan fingerprint density at radius 3 is 2.22 bits per heavy atom. The van der Waals surface area contributed by atoms with Gasteiger partial charge in [-0.25, -0.2) is 4.98 Å². The van der Waals surface area contributed by atoms with E-state index in [1.54, 1.807) is 0 Å². The summed E-state index contributed by atoms with van der Waals surface area (Å²) in [6.45, 7) is 0. The molecule has 5 rings (SSSR count). The molecule has 5 aromatic rings. The summed E-state index contributed by atoms with van der Waals surface area (Å²) in [5.74, 6) is 0.697. The zero-order valence-electron chi connectivity index (χ0n) is 14.5. The number of hydrogen-bond acceptors (Lipinski definition) is 4. The van der Waals surface area contributed by atoms with Gasteiger partial charge in [-0.05, 0) is 24.3 Å². The monoisotopic (exact) mass is 372 g/mol. The van der Waals surface area contributed by atoms with Crippen molar-refractivity contribution in [2.75, 3.05) is 5.75 Å². The maximum absolute atomic E-state index is 13.0. The number of fused-ring (bicyclic) bond motifs is 4. The predicted octanol–water partition coefficient (Wildman–Crippen LogP) is 5.76. The summed E-state index contributed by atoms with van der Waals surface area (Å²) in [5, 5.41) is 2.81. The molecule has 0 bridgehead atoms. The molecule has 2 aromatic heterocycles. The number of rotatable bonds is 4. The normalized spacial score (nSPS) is 11.6. The second kappa shape index (κ2) is 6.59. The molecule has 5 heteroatoms. The SMILES string of the molecule is O=C(CCSc1nc2ccccc2o1)n1c2ccccc2c2ccccc21. The maximum atomic E-state index is 13.0. The van der Waals surface area contributed by atoms with Crippen molar-refractivity contribution in [1.82, 2.24) is 9.55 Å². The van der Waals surface area contributed by atoms with E-state index in [0.717, 1.165) is 32.9 Å². The summed E-state index contributed by atoms with van der Waals surface area (Å²) in [4.78, 5) is 17.4. The van der Waals surface area contributed by atoms with Crippen LogP contribution < -0.4 is 0 Å². The first kappa shape index (κ1) is 16.1. The summed E-state index contributed by atoms with van der Waals surface area (Å²) in [6, 6.07) is 23.8. The van der Waals surface area contributed by atoms with Gasteiger partial charge >= 0.3 is 0 Å². The van der Waals surface area contributed by atoms with Crippen molar-refractivity contribution in [2.45, 2.75) is 11.6 Å². The average Bonchev–Trinajstić information content (AvgIpc) is 3.26. The maximum Gasteiger partial charge on any atom is 0.256 e. The Morgan fingerprint density at radius 2 is 1.52 bits per heavy atom. The van der Waals surface area contributed by atoms with Crippen molar-refractivity contribution in [3.8, 4) is 0 Å². The fourth-order valence-corrected chi connectivity index (χ4v) is 4.20. The molecule has 4 nitrogen and oxygen atoms in total. The first-order valence-corrected chi connectivity index (χ1v) is 9.79. The van der Waals surface area contributed by atoms with E-state index in [0.29, 0.717) is 17.4 Å². The summed E-state index contributed by atoms with van der Waals surface area (Å²) >= 11 is 1.47.